The number of methoxy groups -OCH3 is 1. The fraction of sp³-hybridized carbons (Fsp3) is 0.529. The number of esters is 1. The van der Waals surface area contributed by atoms with Gasteiger partial charge >= 0.3 is 5.97 Å². The molecule has 1 N–H and O–H groups in total. The summed E-state index contributed by atoms with van der Waals surface area (Å²) in [6, 6.07) is 5.82. The fourth-order valence-electron chi connectivity index (χ4n) is 2.73. The lowest BCUT2D eigenvalue weighted by molar-refractivity contribution is -0.146. The van der Waals surface area contributed by atoms with Gasteiger partial charge in [-0.15, -0.1) is 0 Å². The molecule has 1 saturated heterocycles. The first kappa shape index (κ1) is 19.1. The minimum absolute atomic E-state index is 0.00459. The number of carbonyl (C=O) groups is 1. The summed E-state index contributed by atoms with van der Waals surface area (Å²) in [5.74, 6) is 0.744. The van der Waals surface area contributed by atoms with Gasteiger partial charge in [-0.25, -0.2) is 4.99 Å². The lowest BCUT2D eigenvalue weighted by atomic mass is 9.97. The van der Waals surface area contributed by atoms with Crippen molar-refractivity contribution in [1.82, 2.24) is 10.2 Å². The number of ether oxygens (including phenoxy) is 1. The molecule has 1 aromatic rings. The molecule has 24 heavy (non-hydrogen) atoms. The Labute approximate surface area is 156 Å². The zero-order valence-electron chi connectivity index (χ0n) is 14.0. The number of piperidine rings is 1. The van der Waals surface area contributed by atoms with Gasteiger partial charge < -0.3 is 15.0 Å². The van der Waals surface area contributed by atoms with Gasteiger partial charge in [-0.2, -0.15) is 0 Å². The second-order valence-electron chi connectivity index (χ2n) is 5.69. The van der Waals surface area contributed by atoms with E-state index >= 15 is 0 Å². The Morgan fingerprint density at radius 3 is 2.75 bits per heavy atom. The number of hydrogen-bond acceptors (Lipinski definition) is 3. The SMILES string of the molecule is CCNC(=NCc1ccc(Br)cc1Cl)N1CCC(C(=O)OC)CC1. The number of rotatable bonds is 4. The average molecular weight is 417 g/mol. The van der Waals surface area contributed by atoms with Crippen LogP contribution in [0.3, 0.4) is 0 Å². The van der Waals surface area contributed by atoms with Gasteiger partial charge in [-0.05, 0) is 37.5 Å². The summed E-state index contributed by atoms with van der Waals surface area (Å²) < 4.78 is 5.79. The Hall–Kier alpha value is -1.27. The normalized spacial score (nSPS) is 16.2. The second kappa shape index (κ2) is 9.28. The van der Waals surface area contributed by atoms with Crippen molar-refractivity contribution in [2.45, 2.75) is 26.3 Å². The van der Waals surface area contributed by atoms with Crippen LogP contribution < -0.4 is 5.32 Å². The summed E-state index contributed by atoms with van der Waals surface area (Å²) in [5.41, 5.74) is 0.986. The Morgan fingerprint density at radius 2 is 2.17 bits per heavy atom. The first-order valence-corrected chi connectivity index (χ1v) is 9.27. The highest BCUT2D eigenvalue weighted by atomic mass is 79.9. The first-order chi connectivity index (χ1) is 11.5. The Morgan fingerprint density at radius 1 is 1.46 bits per heavy atom. The van der Waals surface area contributed by atoms with E-state index in [9.17, 15) is 4.79 Å². The summed E-state index contributed by atoms with van der Waals surface area (Å²) >= 11 is 9.67. The maximum absolute atomic E-state index is 11.6. The van der Waals surface area contributed by atoms with Crippen LogP contribution in [0.4, 0.5) is 0 Å². The minimum atomic E-state index is -0.113. The van der Waals surface area contributed by atoms with Crippen molar-refractivity contribution in [2.24, 2.45) is 10.9 Å². The van der Waals surface area contributed by atoms with Gasteiger partial charge in [0.1, 0.15) is 0 Å². The van der Waals surface area contributed by atoms with Crippen LogP contribution in [0, 0.1) is 5.92 Å². The molecule has 0 unspecified atom stereocenters. The molecule has 0 aliphatic carbocycles. The molecule has 1 heterocycles. The Balaban J connectivity index is 2.02. The topological polar surface area (TPSA) is 53.9 Å². The molecule has 0 radical (unpaired) electrons. The maximum atomic E-state index is 11.6. The molecule has 0 atom stereocenters. The molecule has 0 amide bonds. The summed E-state index contributed by atoms with van der Waals surface area (Å²) in [6.07, 6.45) is 1.58. The van der Waals surface area contributed by atoms with E-state index in [1.807, 2.05) is 25.1 Å². The van der Waals surface area contributed by atoms with E-state index in [1.54, 1.807) is 0 Å². The largest absolute Gasteiger partial charge is 0.469 e. The van der Waals surface area contributed by atoms with Crippen molar-refractivity contribution in [3.63, 3.8) is 0 Å². The molecule has 132 valence electrons. The zero-order valence-corrected chi connectivity index (χ0v) is 16.4. The van der Waals surface area contributed by atoms with Crippen LogP contribution in [0.5, 0.6) is 0 Å². The zero-order chi connectivity index (χ0) is 17.5. The number of carbonyl (C=O) groups excluding carboxylic acids is 1. The molecule has 0 aromatic heterocycles. The number of nitrogens with zero attached hydrogens (tertiary/aromatic N) is 2. The summed E-state index contributed by atoms with van der Waals surface area (Å²) in [7, 11) is 1.45. The third-order valence-corrected chi connectivity index (χ3v) is 4.92. The van der Waals surface area contributed by atoms with Gasteiger partial charge in [-0.3, -0.25) is 4.79 Å². The standard InChI is InChI=1S/C17H23BrClN3O2/c1-3-20-17(21-11-13-4-5-14(18)10-15(13)19)22-8-6-12(7-9-22)16(23)24-2/h4-5,10,12H,3,6-9,11H2,1-2H3,(H,20,21). The van der Waals surface area contributed by atoms with Crippen LogP contribution in [0.15, 0.2) is 27.7 Å². The smallest absolute Gasteiger partial charge is 0.308 e. The fourth-order valence-corrected chi connectivity index (χ4v) is 3.46. The van der Waals surface area contributed by atoms with Crippen LogP contribution in [0.25, 0.3) is 0 Å². The molecular weight excluding hydrogens is 394 g/mol. The van der Waals surface area contributed by atoms with Crippen LogP contribution in [-0.4, -0.2) is 43.6 Å². The molecule has 1 aliphatic heterocycles. The van der Waals surface area contributed by atoms with Gasteiger partial charge in [0, 0.05) is 29.1 Å². The van der Waals surface area contributed by atoms with E-state index in [2.05, 4.69) is 26.1 Å². The van der Waals surface area contributed by atoms with Crippen LogP contribution >= 0.6 is 27.5 Å². The van der Waals surface area contributed by atoms with Crippen molar-refractivity contribution in [1.29, 1.82) is 0 Å². The third-order valence-electron chi connectivity index (χ3n) is 4.08. The molecule has 0 spiro atoms. The predicted molar refractivity (Wildman–Crippen MR) is 100 cm³/mol. The van der Waals surface area contributed by atoms with Crippen molar-refractivity contribution >= 4 is 39.5 Å². The maximum Gasteiger partial charge on any atom is 0.308 e. The van der Waals surface area contributed by atoms with E-state index in [4.69, 9.17) is 21.3 Å². The summed E-state index contributed by atoms with van der Waals surface area (Å²) in [4.78, 5) is 18.5. The molecule has 7 heteroatoms. The number of likely N-dealkylation sites (tertiary alicyclic amines) is 1. The number of halogens is 2. The molecule has 2 rings (SSSR count). The number of guanidine groups is 1. The highest BCUT2D eigenvalue weighted by Crippen LogP contribution is 2.22. The highest BCUT2D eigenvalue weighted by molar-refractivity contribution is 9.10. The van der Waals surface area contributed by atoms with Crippen LogP contribution in [-0.2, 0) is 16.1 Å². The van der Waals surface area contributed by atoms with E-state index in [0.29, 0.717) is 11.6 Å². The Kier molecular flexibility index (Phi) is 7.37. The molecular formula is C17H23BrClN3O2. The van der Waals surface area contributed by atoms with Gasteiger partial charge in [-0.1, -0.05) is 33.6 Å². The predicted octanol–water partition coefficient (Wildman–Crippen LogP) is 3.45. The Bertz CT molecular complexity index is 601. The van der Waals surface area contributed by atoms with E-state index in [-0.39, 0.29) is 11.9 Å². The lowest BCUT2D eigenvalue weighted by Crippen LogP contribution is -2.46. The number of benzene rings is 1. The van der Waals surface area contributed by atoms with Gasteiger partial charge in [0.05, 0.1) is 19.6 Å². The molecule has 0 saturated carbocycles. The van der Waals surface area contributed by atoms with E-state index in [1.165, 1.54) is 7.11 Å². The molecule has 1 aromatic carbocycles. The summed E-state index contributed by atoms with van der Waals surface area (Å²) in [5, 5.41) is 4.02. The van der Waals surface area contributed by atoms with E-state index < -0.39 is 0 Å². The molecule has 1 aliphatic rings. The average Bonchev–Trinajstić information content (AvgIpc) is 2.59. The first-order valence-electron chi connectivity index (χ1n) is 8.10. The summed E-state index contributed by atoms with van der Waals surface area (Å²) in [6.45, 7) is 4.94. The molecule has 1 fully saturated rings. The number of aliphatic imine (C=N–C) groups is 1. The monoisotopic (exact) mass is 415 g/mol. The third kappa shape index (κ3) is 5.11. The van der Waals surface area contributed by atoms with Crippen molar-refractivity contribution in [2.75, 3.05) is 26.7 Å². The number of hydrogen-bond donors (Lipinski definition) is 1. The van der Waals surface area contributed by atoms with E-state index in [0.717, 1.165) is 48.5 Å². The lowest BCUT2D eigenvalue weighted by Gasteiger charge is -2.33. The van der Waals surface area contributed by atoms with Crippen molar-refractivity contribution in [3.05, 3.63) is 33.3 Å². The molecule has 5 nitrogen and oxygen atoms in total. The number of nitrogens with one attached hydrogen (secondary N) is 1. The minimum Gasteiger partial charge on any atom is -0.469 e. The quantitative estimate of drug-likeness (QED) is 0.464. The second-order valence-corrected chi connectivity index (χ2v) is 7.01. The van der Waals surface area contributed by atoms with Crippen LogP contribution in [0.1, 0.15) is 25.3 Å². The van der Waals surface area contributed by atoms with Gasteiger partial charge in [0.25, 0.3) is 0 Å². The molecule has 0 bridgehead atoms. The highest BCUT2D eigenvalue weighted by Gasteiger charge is 2.26. The van der Waals surface area contributed by atoms with Crippen molar-refractivity contribution in [3.8, 4) is 0 Å². The van der Waals surface area contributed by atoms with Crippen molar-refractivity contribution < 1.29 is 9.53 Å². The van der Waals surface area contributed by atoms with Gasteiger partial charge in [0.2, 0.25) is 0 Å². The van der Waals surface area contributed by atoms with Gasteiger partial charge in [0.15, 0.2) is 5.96 Å². The van der Waals surface area contributed by atoms with Crippen LogP contribution in [0.2, 0.25) is 5.02 Å².